The summed E-state index contributed by atoms with van der Waals surface area (Å²) in [6.45, 7) is 1.68. The molecule has 0 unspecified atom stereocenters. The van der Waals surface area contributed by atoms with E-state index in [-0.39, 0.29) is 11.4 Å². The van der Waals surface area contributed by atoms with Crippen molar-refractivity contribution in [3.63, 3.8) is 0 Å². The lowest BCUT2D eigenvalue weighted by atomic mass is 10.1. The summed E-state index contributed by atoms with van der Waals surface area (Å²) in [4.78, 5) is 11.5. The molecule has 1 heterocycles. The molecule has 2 aromatic rings. The number of benzene rings is 1. The number of carbonyl (C=O) groups excluding carboxylic acids is 1. The van der Waals surface area contributed by atoms with E-state index in [4.69, 9.17) is 0 Å². The maximum Gasteiger partial charge on any atom is 0.338 e. The van der Waals surface area contributed by atoms with Crippen molar-refractivity contribution >= 4 is 16.9 Å². The van der Waals surface area contributed by atoms with Gasteiger partial charge in [0.15, 0.2) is 5.82 Å². The van der Waals surface area contributed by atoms with Gasteiger partial charge in [-0.15, -0.1) is 0 Å². The molecule has 0 bridgehead atoms. The first-order chi connectivity index (χ1) is 7.57. The minimum absolute atomic E-state index is 0.265. The van der Waals surface area contributed by atoms with Crippen molar-refractivity contribution < 1.29 is 13.9 Å². The highest BCUT2D eigenvalue weighted by atomic mass is 19.1. The lowest BCUT2D eigenvalue weighted by molar-refractivity contribution is 0.0602. The van der Waals surface area contributed by atoms with Crippen LogP contribution in [0, 0.1) is 12.7 Å². The largest absolute Gasteiger partial charge is 0.465 e. The van der Waals surface area contributed by atoms with Crippen molar-refractivity contribution in [2.75, 3.05) is 7.11 Å². The highest BCUT2D eigenvalue weighted by molar-refractivity contribution is 6.04. The van der Waals surface area contributed by atoms with Gasteiger partial charge in [-0.1, -0.05) is 6.07 Å². The van der Waals surface area contributed by atoms with Crippen LogP contribution in [0.1, 0.15) is 16.1 Å². The van der Waals surface area contributed by atoms with Crippen molar-refractivity contribution in [3.05, 3.63) is 35.3 Å². The number of hydrogen-bond donors (Lipinski definition) is 0. The second kappa shape index (κ2) is 3.63. The molecule has 0 fully saturated rings. The summed E-state index contributed by atoms with van der Waals surface area (Å²) < 4.78 is 20.3. The summed E-state index contributed by atoms with van der Waals surface area (Å²) in [5.74, 6) is -0.881. The Morgan fingerprint density at radius 1 is 1.44 bits per heavy atom. The van der Waals surface area contributed by atoms with Crippen LogP contribution < -0.4 is 0 Å². The van der Waals surface area contributed by atoms with Crippen LogP contribution in [0.4, 0.5) is 4.39 Å². The van der Waals surface area contributed by atoms with E-state index in [9.17, 15) is 9.18 Å². The molecule has 0 radical (unpaired) electrons. The molecule has 0 amide bonds. The molecular weight excluding hydrogens is 209 g/mol. The molecule has 0 atom stereocenters. The number of esters is 1. The fraction of sp³-hybridized carbons (Fsp3) is 0.250. The van der Waals surface area contributed by atoms with Crippen LogP contribution in [-0.2, 0) is 11.8 Å². The Hall–Kier alpha value is -1.84. The van der Waals surface area contributed by atoms with Crippen molar-refractivity contribution in [2.24, 2.45) is 7.05 Å². The Labute approximate surface area is 92.4 Å². The lowest BCUT2D eigenvalue weighted by Crippen LogP contribution is -2.02. The van der Waals surface area contributed by atoms with Crippen molar-refractivity contribution in [3.8, 4) is 0 Å². The zero-order chi connectivity index (χ0) is 11.9. The first-order valence-corrected chi connectivity index (χ1v) is 4.89. The minimum Gasteiger partial charge on any atom is -0.465 e. The molecule has 84 valence electrons. The Bertz CT molecular complexity index is 572. The lowest BCUT2D eigenvalue weighted by Gasteiger charge is -2.01. The van der Waals surface area contributed by atoms with Crippen molar-refractivity contribution in [1.82, 2.24) is 4.57 Å². The van der Waals surface area contributed by atoms with Gasteiger partial charge in [-0.2, -0.15) is 0 Å². The van der Waals surface area contributed by atoms with Crippen LogP contribution in [0.3, 0.4) is 0 Å². The predicted octanol–water partition coefficient (Wildman–Crippen LogP) is 2.41. The molecule has 2 rings (SSSR count). The Kier molecular flexibility index (Phi) is 2.42. The molecule has 3 nitrogen and oxygen atoms in total. The second-order valence-electron chi connectivity index (χ2n) is 3.65. The Morgan fingerprint density at radius 3 is 2.75 bits per heavy atom. The number of aromatic nitrogens is 1. The molecule has 0 saturated carbocycles. The highest BCUT2D eigenvalue weighted by Crippen LogP contribution is 2.26. The number of ether oxygens (including phenoxy) is 1. The summed E-state index contributed by atoms with van der Waals surface area (Å²) in [7, 11) is 3.05. The SMILES string of the molecule is COC(=O)c1cccc2c1c(F)c(C)n2C. The van der Waals surface area contributed by atoms with Gasteiger partial charge in [0, 0.05) is 7.05 Å². The number of rotatable bonds is 1. The average molecular weight is 221 g/mol. The molecule has 1 aromatic heterocycles. The fourth-order valence-electron chi connectivity index (χ4n) is 1.84. The van der Waals surface area contributed by atoms with Gasteiger partial charge in [0.05, 0.1) is 29.3 Å². The maximum atomic E-state index is 13.9. The highest BCUT2D eigenvalue weighted by Gasteiger charge is 2.18. The van der Waals surface area contributed by atoms with E-state index in [0.29, 0.717) is 16.6 Å². The van der Waals surface area contributed by atoms with E-state index in [1.54, 1.807) is 36.7 Å². The number of hydrogen-bond acceptors (Lipinski definition) is 2. The van der Waals surface area contributed by atoms with E-state index in [2.05, 4.69) is 4.74 Å². The summed E-state index contributed by atoms with van der Waals surface area (Å²) in [6, 6.07) is 5.06. The van der Waals surface area contributed by atoms with Crippen LogP contribution in [-0.4, -0.2) is 17.6 Å². The van der Waals surface area contributed by atoms with Gasteiger partial charge in [-0.25, -0.2) is 9.18 Å². The number of halogens is 1. The van der Waals surface area contributed by atoms with Gasteiger partial charge in [0.1, 0.15) is 0 Å². The number of fused-ring (bicyclic) bond motifs is 1. The molecule has 4 heteroatoms. The molecule has 0 aliphatic heterocycles. The van der Waals surface area contributed by atoms with E-state index >= 15 is 0 Å². The summed E-state index contributed by atoms with van der Waals surface area (Å²) in [6.07, 6.45) is 0. The molecule has 0 saturated heterocycles. The van der Waals surface area contributed by atoms with Crippen LogP contribution in [0.2, 0.25) is 0 Å². The Balaban J connectivity index is 2.87. The third-order valence-electron chi connectivity index (χ3n) is 2.85. The molecule has 1 aromatic carbocycles. The zero-order valence-electron chi connectivity index (χ0n) is 9.37. The van der Waals surface area contributed by atoms with Gasteiger partial charge in [-0.05, 0) is 19.1 Å². The van der Waals surface area contributed by atoms with Gasteiger partial charge >= 0.3 is 5.97 Å². The van der Waals surface area contributed by atoms with Crippen LogP contribution in [0.15, 0.2) is 18.2 Å². The molecular formula is C12H12FNO2. The zero-order valence-corrected chi connectivity index (χ0v) is 9.37. The van der Waals surface area contributed by atoms with Crippen LogP contribution in [0.5, 0.6) is 0 Å². The van der Waals surface area contributed by atoms with Crippen LogP contribution in [0.25, 0.3) is 10.9 Å². The topological polar surface area (TPSA) is 31.2 Å². The maximum absolute atomic E-state index is 13.9. The van der Waals surface area contributed by atoms with E-state index in [0.717, 1.165) is 0 Å². The van der Waals surface area contributed by atoms with E-state index in [1.807, 2.05) is 0 Å². The fourth-order valence-corrected chi connectivity index (χ4v) is 1.84. The first kappa shape index (κ1) is 10.7. The van der Waals surface area contributed by atoms with E-state index in [1.165, 1.54) is 7.11 Å². The predicted molar refractivity (Wildman–Crippen MR) is 59.0 cm³/mol. The molecule has 0 N–H and O–H groups in total. The average Bonchev–Trinajstić information content (AvgIpc) is 2.54. The number of carbonyl (C=O) groups is 1. The van der Waals surface area contributed by atoms with Crippen LogP contribution >= 0.6 is 0 Å². The second-order valence-corrected chi connectivity index (χ2v) is 3.65. The number of nitrogens with zero attached hydrogens (tertiary/aromatic N) is 1. The number of aryl methyl sites for hydroxylation is 1. The summed E-state index contributed by atoms with van der Waals surface area (Å²) in [5, 5.41) is 0.328. The molecule has 16 heavy (non-hydrogen) atoms. The summed E-state index contributed by atoms with van der Waals surface area (Å²) in [5.41, 5.74) is 1.46. The molecule has 0 aliphatic carbocycles. The van der Waals surface area contributed by atoms with Gasteiger partial charge < -0.3 is 9.30 Å². The van der Waals surface area contributed by atoms with E-state index < -0.39 is 5.97 Å². The molecule has 0 spiro atoms. The first-order valence-electron chi connectivity index (χ1n) is 4.89. The van der Waals surface area contributed by atoms with Gasteiger partial charge in [0.2, 0.25) is 0 Å². The molecule has 0 aliphatic rings. The monoisotopic (exact) mass is 221 g/mol. The smallest absolute Gasteiger partial charge is 0.338 e. The van der Waals surface area contributed by atoms with Gasteiger partial charge in [-0.3, -0.25) is 0 Å². The quantitative estimate of drug-likeness (QED) is 0.692. The summed E-state index contributed by atoms with van der Waals surface area (Å²) >= 11 is 0. The number of methoxy groups -OCH3 is 1. The minimum atomic E-state index is -0.518. The third kappa shape index (κ3) is 1.30. The van der Waals surface area contributed by atoms with Crippen molar-refractivity contribution in [1.29, 1.82) is 0 Å². The third-order valence-corrected chi connectivity index (χ3v) is 2.85. The van der Waals surface area contributed by atoms with Crippen molar-refractivity contribution in [2.45, 2.75) is 6.92 Å². The standard InChI is InChI=1S/C12H12FNO2/c1-7-11(13)10-8(12(15)16-3)5-4-6-9(10)14(7)2/h4-6H,1-3H3. The normalized spacial score (nSPS) is 10.8. The van der Waals surface area contributed by atoms with Gasteiger partial charge in [0.25, 0.3) is 0 Å². The Morgan fingerprint density at radius 2 is 2.12 bits per heavy atom.